The molecule has 0 aromatic heterocycles. The number of rotatable bonds is 9. The molecular weight excluding hydrogens is 513 g/mol. The van der Waals surface area contributed by atoms with E-state index in [1.807, 2.05) is 0 Å². The number of benzene rings is 1. The van der Waals surface area contributed by atoms with Crippen molar-refractivity contribution in [2.75, 3.05) is 52.9 Å². The van der Waals surface area contributed by atoms with Crippen molar-refractivity contribution in [2.24, 2.45) is 10.9 Å². The molecular formula is C25H44IN5O. The van der Waals surface area contributed by atoms with Crippen LogP contribution < -0.4 is 15.4 Å². The Morgan fingerprint density at radius 1 is 1.16 bits per heavy atom. The van der Waals surface area contributed by atoms with Crippen LogP contribution in [0.25, 0.3) is 0 Å². The van der Waals surface area contributed by atoms with Gasteiger partial charge >= 0.3 is 0 Å². The molecule has 32 heavy (non-hydrogen) atoms. The smallest absolute Gasteiger partial charge is 0.191 e. The second-order valence-corrected chi connectivity index (χ2v) is 9.42. The zero-order chi connectivity index (χ0) is 22.1. The Bertz CT molecular complexity index is 700. The quantitative estimate of drug-likeness (QED) is 0.274. The first-order chi connectivity index (χ1) is 15.0. The molecule has 2 aliphatic rings. The van der Waals surface area contributed by atoms with E-state index in [1.54, 1.807) is 0 Å². The van der Waals surface area contributed by atoms with Gasteiger partial charge in [0.25, 0.3) is 0 Å². The van der Waals surface area contributed by atoms with E-state index in [0.29, 0.717) is 18.6 Å². The zero-order valence-corrected chi connectivity index (χ0v) is 22.9. The van der Waals surface area contributed by atoms with Crippen molar-refractivity contribution in [3.63, 3.8) is 0 Å². The molecule has 2 N–H and O–H groups in total. The van der Waals surface area contributed by atoms with Gasteiger partial charge in [0, 0.05) is 51.4 Å². The van der Waals surface area contributed by atoms with Crippen LogP contribution in [0.2, 0.25) is 0 Å². The average Bonchev–Trinajstić information content (AvgIpc) is 3.26. The molecule has 6 nitrogen and oxygen atoms in total. The van der Waals surface area contributed by atoms with E-state index < -0.39 is 0 Å². The Balaban J connectivity index is 0.00000363. The van der Waals surface area contributed by atoms with E-state index in [9.17, 15) is 0 Å². The zero-order valence-electron chi connectivity index (χ0n) is 20.5. The summed E-state index contributed by atoms with van der Waals surface area (Å²) in [6.07, 6.45) is 5.28. The van der Waals surface area contributed by atoms with Gasteiger partial charge in [-0.3, -0.25) is 0 Å². The third-order valence-corrected chi connectivity index (χ3v) is 6.35. The maximum absolute atomic E-state index is 6.35. The number of aliphatic imine (C=N–C) groups is 1. The maximum atomic E-state index is 6.35. The normalized spacial score (nSPS) is 19.4. The van der Waals surface area contributed by atoms with Crippen molar-refractivity contribution in [1.29, 1.82) is 0 Å². The number of guanidine groups is 1. The Hall–Kier alpha value is -1.06. The molecule has 1 unspecified atom stereocenters. The summed E-state index contributed by atoms with van der Waals surface area (Å²) in [5.74, 6) is 2.47. The standard InChI is InChI=1S/C25H43N5O.HI/c1-5-26-25(27-17-21(3)19-30-14-12-29(4)13-15-30)28-18-22-11-10-20(2)16-24(22)31-23-8-6-7-9-23;/h10-11,16,21,23H,5-9,12-15,17-19H2,1-4H3,(H2,26,27,28);1H. The summed E-state index contributed by atoms with van der Waals surface area (Å²) in [6, 6.07) is 6.50. The highest BCUT2D eigenvalue weighted by molar-refractivity contribution is 14.0. The summed E-state index contributed by atoms with van der Waals surface area (Å²) in [7, 11) is 2.21. The van der Waals surface area contributed by atoms with Crippen molar-refractivity contribution >= 4 is 29.9 Å². The minimum Gasteiger partial charge on any atom is -0.490 e. The van der Waals surface area contributed by atoms with Crippen LogP contribution in [-0.4, -0.2) is 74.7 Å². The minimum absolute atomic E-state index is 0. The van der Waals surface area contributed by atoms with Gasteiger partial charge in [-0.1, -0.05) is 19.1 Å². The highest BCUT2D eigenvalue weighted by Crippen LogP contribution is 2.28. The molecule has 1 aliphatic heterocycles. The lowest BCUT2D eigenvalue weighted by Gasteiger charge is -2.34. The van der Waals surface area contributed by atoms with Gasteiger partial charge in [-0.25, -0.2) is 4.99 Å². The third kappa shape index (κ3) is 9.06. The number of nitrogens with zero attached hydrogens (tertiary/aromatic N) is 3. The summed E-state index contributed by atoms with van der Waals surface area (Å²) in [5, 5.41) is 6.95. The lowest BCUT2D eigenvalue weighted by molar-refractivity contribution is 0.139. The SMILES string of the molecule is CCNC(=NCc1ccc(C)cc1OC1CCCC1)NCC(C)CN1CCN(C)CC1.I. The molecule has 0 amide bonds. The van der Waals surface area contributed by atoms with Gasteiger partial charge in [-0.15, -0.1) is 24.0 Å². The number of nitrogens with one attached hydrogen (secondary N) is 2. The van der Waals surface area contributed by atoms with E-state index in [1.165, 1.54) is 63.0 Å². The van der Waals surface area contributed by atoms with E-state index in [0.717, 1.165) is 31.3 Å². The number of aryl methyl sites for hydroxylation is 1. The second-order valence-electron chi connectivity index (χ2n) is 9.42. The predicted molar refractivity (Wildman–Crippen MR) is 145 cm³/mol. The first-order valence-electron chi connectivity index (χ1n) is 12.2. The van der Waals surface area contributed by atoms with E-state index >= 15 is 0 Å². The lowest BCUT2D eigenvalue weighted by Crippen LogP contribution is -2.47. The Labute approximate surface area is 212 Å². The molecule has 3 rings (SSSR count). The van der Waals surface area contributed by atoms with Crippen LogP contribution in [0.1, 0.15) is 50.7 Å². The topological polar surface area (TPSA) is 52.1 Å². The van der Waals surface area contributed by atoms with Crippen LogP contribution in [0.4, 0.5) is 0 Å². The van der Waals surface area contributed by atoms with Crippen LogP contribution in [-0.2, 0) is 6.54 Å². The van der Waals surface area contributed by atoms with Crippen molar-refractivity contribution in [3.05, 3.63) is 29.3 Å². The molecule has 2 fully saturated rings. The minimum atomic E-state index is 0. The Kier molecular flexibility index (Phi) is 12.1. The molecule has 182 valence electrons. The van der Waals surface area contributed by atoms with Gasteiger partial charge in [-0.2, -0.15) is 0 Å². The average molecular weight is 558 g/mol. The molecule has 7 heteroatoms. The summed E-state index contributed by atoms with van der Waals surface area (Å²) in [4.78, 5) is 9.86. The summed E-state index contributed by atoms with van der Waals surface area (Å²) >= 11 is 0. The molecule has 1 aromatic rings. The molecule has 1 aliphatic carbocycles. The van der Waals surface area contributed by atoms with E-state index in [-0.39, 0.29) is 24.0 Å². The lowest BCUT2D eigenvalue weighted by atomic mass is 10.1. The fourth-order valence-corrected chi connectivity index (χ4v) is 4.40. The summed E-state index contributed by atoms with van der Waals surface area (Å²) < 4.78 is 6.35. The highest BCUT2D eigenvalue weighted by atomic mass is 127. The number of halogens is 1. The number of hydrogen-bond acceptors (Lipinski definition) is 4. The van der Waals surface area contributed by atoms with Gasteiger partial charge in [0.2, 0.25) is 0 Å². The van der Waals surface area contributed by atoms with Gasteiger partial charge in [0.15, 0.2) is 5.96 Å². The second kappa shape index (κ2) is 14.3. The van der Waals surface area contributed by atoms with Crippen LogP contribution >= 0.6 is 24.0 Å². The van der Waals surface area contributed by atoms with Gasteiger partial charge in [-0.05, 0) is 64.1 Å². The molecule has 0 radical (unpaired) electrons. The number of piperazine rings is 1. The molecule has 1 saturated carbocycles. The first kappa shape index (κ1) is 27.2. The maximum Gasteiger partial charge on any atom is 0.191 e. The summed E-state index contributed by atoms with van der Waals surface area (Å²) in [5.41, 5.74) is 2.41. The number of ether oxygens (including phenoxy) is 1. The third-order valence-electron chi connectivity index (χ3n) is 6.35. The van der Waals surface area contributed by atoms with Gasteiger partial charge in [0.05, 0.1) is 12.6 Å². The molecule has 1 atom stereocenters. The Morgan fingerprint density at radius 3 is 2.56 bits per heavy atom. The fourth-order valence-electron chi connectivity index (χ4n) is 4.40. The van der Waals surface area contributed by atoms with Gasteiger partial charge in [0.1, 0.15) is 5.75 Å². The molecule has 0 bridgehead atoms. The number of hydrogen-bond donors (Lipinski definition) is 2. The largest absolute Gasteiger partial charge is 0.490 e. The predicted octanol–water partition coefficient (Wildman–Crippen LogP) is 3.87. The Morgan fingerprint density at radius 2 is 1.88 bits per heavy atom. The monoisotopic (exact) mass is 557 g/mol. The van der Waals surface area contributed by atoms with Crippen molar-refractivity contribution in [3.8, 4) is 5.75 Å². The van der Waals surface area contributed by atoms with Crippen molar-refractivity contribution in [1.82, 2.24) is 20.4 Å². The molecule has 1 heterocycles. The molecule has 1 saturated heterocycles. The van der Waals surface area contributed by atoms with Crippen LogP contribution in [0, 0.1) is 12.8 Å². The van der Waals surface area contributed by atoms with Crippen LogP contribution in [0.15, 0.2) is 23.2 Å². The van der Waals surface area contributed by atoms with Crippen LogP contribution in [0.5, 0.6) is 5.75 Å². The first-order valence-corrected chi connectivity index (χ1v) is 12.2. The summed E-state index contributed by atoms with van der Waals surface area (Å²) in [6.45, 7) is 14.8. The van der Waals surface area contributed by atoms with Crippen LogP contribution in [0.3, 0.4) is 0 Å². The molecule has 1 aromatic carbocycles. The molecule has 0 spiro atoms. The fraction of sp³-hybridized carbons (Fsp3) is 0.720. The highest BCUT2D eigenvalue weighted by Gasteiger charge is 2.18. The van der Waals surface area contributed by atoms with Gasteiger partial charge < -0.3 is 25.2 Å². The number of likely N-dealkylation sites (N-methyl/N-ethyl adjacent to an activating group) is 1. The van der Waals surface area contributed by atoms with Crippen molar-refractivity contribution < 1.29 is 4.74 Å². The van der Waals surface area contributed by atoms with E-state index in [2.05, 4.69) is 66.5 Å². The van der Waals surface area contributed by atoms with E-state index in [4.69, 9.17) is 9.73 Å². The van der Waals surface area contributed by atoms with Crippen molar-refractivity contribution in [2.45, 2.75) is 59.1 Å².